The smallest absolute Gasteiger partial charge is 0.262 e. The fourth-order valence-electron chi connectivity index (χ4n) is 1.82. The molecule has 19 heavy (non-hydrogen) atoms. The van der Waals surface area contributed by atoms with E-state index in [0.29, 0.717) is 10.6 Å². The van der Waals surface area contributed by atoms with Gasteiger partial charge in [0.25, 0.3) is 10.0 Å². The first-order valence-corrected chi connectivity index (χ1v) is 7.38. The first kappa shape index (κ1) is 13.5. The number of nitrogens with one attached hydrogen (secondary N) is 1. The van der Waals surface area contributed by atoms with E-state index < -0.39 is 10.0 Å². The Morgan fingerprint density at radius 2 is 1.74 bits per heavy atom. The van der Waals surface area contributed by atoms with Crippen LogP contribution >= 0.6 is 0 Å². The second-order valence-corrected chi connectivity index (χ2v) is 6.28. The van der Waals surface area contributed by atoms with Crippen molar-refractivity contribution in [3.05, 3.63) is 53.3 Å². The zero-order chi connectivity index (χ0) is 14.0. The average Bonchev–Trinajstić information content (AvgIpc) is 2.31. The molecular formula is C14H16N2O2S. The van der Waals surface area contributed by atoms with Crippen molar-refractivity contribution in [2.75, 3.05) is 4.72 Å². The Bertz CT molecular complexity index is 709. The van der Waals surface area contributed by atoms with Gasteiger partial charge in [-0.3, -0.25) is 9.71 Å². The van der Waals surface area contributed by atoms with Gasteiger partial charge in [-0.25, -0.2) is 8.42 Å². The number of nitrogens with zero attached hydrogens (tertiary/aromatic N) is 1. The molecule has 0 atom stereocenters. The summed E-state index contributed by atoms with van der Waals surface area (Å²) in [6.07, 6.45) is 3.17. The Balaban J connectivity index is 2.40. The second kappa shape index (κ2) is 5.01. The highest BCUT2D eigenvalue weighted by molar-refractivity contribution is 7.92. The largest absolute Gasteiger partial charge is 0.278 e. The lowest BCUT2D eigenvalue weighted by atomic mass is 10.2. The van der Waals surface area contributed by atoms with Crippen LogP contribution in [0.3, 0.4) is 0 Å². The molecule has 4 nitrogen and oxygen atoms in total. The van der Waals surface area contributed by atoms with E-state index in [1.54, 1.807) is 31.3 Å². The van der Waals surface area contributed by atoms with E-state index in [4.69, 9.17) is 0 Å². The molecule has 0 aliphatic heterocycles. The summed E-state index contributed by atoms with van der Waals surface area (Å²) in [6, 6.07) is 7.11. The predicted octanol–water partition coefficient (Wildman–Crippen LogP) is 2.81. The highest BCUT2D eigenvalue weighted by Crippen LogP contribution is 2.20. The predicted molar refractivity (Wildman–Crippen MR) is 75.7 cm³/mol. The summed E-state index contributed by atoms with van der Waals surface area (Å²) >= 11 is 0. The van der Waals surface area contributed by atoms with Crippen LogP contribution < -0.4 is 4.72 Å². The number of pyridine rings is 1. The van der Waals surface area contributed by atoms with Crippen molar-refractivity contribution in [1.82, 2.24) is 4.98 Å². The fourth-order valence-corrected chi connectivity index (χ4v) is 3.18. The van der Waals surface area contributed by atoms with E-state index in [1.807, 2.05) is 19.9 Å². The van der Waals surface area contributed by atoms with Crippen LogP contribution in [-0.2, 0) is 10.0 Å². The summed E-state index contributed by atoms with van der Waals surface area (Å²) in [4.78, 5) is 4.28. The van der Waals surface area contributed by atoms with Crippen molar-refractivity contribution < 1.29 is 8.42 Å². The number of hydrogen-bond donors (Lipinski definition) is 1. The van der Waals surface area contributed by atoms with Gasteiger partial charge in [0.2, 0.25) is 0 Å². The standard InChI is InChI=1S/C14H16N2O2S/c1-10-4-5-12(3)14(7-10)19(17,18)16-13-6-11(2)8-15-9-13/h4-9,16H,1-3H3. The molecule has 0 saturated heterocycles. The molecule has 2 rings (SSSR count). The monoisotopic (exact) mass is 276 g/mol. The molecular weight excluding hydrogens is 260 g/mol. The highest BCUT2D eigenvalue weighted by Gasteiger charge is 2.17. The van der Waals surface area contributed by atoms with Crippen molar-refractivity contribution in [1.29, 1.82) is 0 Å². The van der Waals surface area contributed by atoms with Crippen molar-refractivity contribution in [2.24, 2.45) is 0 Å². The van der Waals surface area contributed by atoms with Crippen LogP contribution in [0.1, 0.15) is 16.7 Å². The fraction of sp³-hybridized carbons (Fsp3) is 0.214. The molecule has 0 bridgehead atoms. The number of rotatable bonds is 3. The first-order valence-electron chi connectivity index (χ1n) is 5.90. The maximum Gasteiger partial charge on any atom is 0.262 e. The third-order valence-electron chi connectivity index (χ3n) is 2.76. The third-order valence-corrected chi connectivity index (χ3v) is 4.28. The zero-order valence-electron chi connectivity index (χ0n) is 11.1. The molecule has 100 valence electrons. The quantitative estimate of drug-likeness (QED) is 0.937. The molecule has 0 spiro atoms. The summed E-state index contributed by atoms with van der Waals surface area (Å²) in [5.41, 5.74) is 3.01. The van der Waals surface area contributed by atoms with Gasteiger partial charge in [0.15, 0.2) is 0 Å². The highest BCUT2D eigenvalue weighted by atomic mass is 32.2. The normalized spacial score (nSPS) is 11.3. The van der Waals surface area contributed by atoms with Gasteiger partial charge >= 0.3 is 0 Å². The van der Waals surface area contributed by atoms with Gasteiger partial charge in [0.05, 0.1) is 16.8 Å². The Morgan fingerprint density at radius 3 is 2.42 bits per heavy atom. The minimum absolute atomic E-state index is 0.300. The van der Waals surface area contributed by atoms with Gasteiger partial charge in [-0.1, -0.05) is 12.1 Å². The number of anilines is 1. The Morgan fingerprint density at radius 1 is 1.00 bits per heavy atom. The first-order chi connectivity index (χ1) is 8.88. The summed E-state index contributed by atoms with van der Waals surface area (Å²) < 4.78 is 27.2. The molecule has 1 aromatic heterocycles. The molecule has 1 heterocycles. The molecule has 0 radical (unpaired) electrons. The van der Waals surface area contributed by atoms with Gasteiger partial charge in [0, 0.05) is 6.20 Å². The maximum atomic E-state index is 12.3. The molecule has 1 N–H and O–H groups in total. The van der Waals surface area contributed by atoms with Crippen LogP contribution in [-0.4, -0.2) is 13.4 Å². The summed E-state index contributed by atoms with van der Waals surface area (Å²) in [7, 11) is -3.57. The number of sulfonamides is 1. The minimum atomic E-state index is -3.57. The van der Waals surface area contributed by atoms with Gasteiger partial charge in [-0.15, -0.1) is 0 Å². The lowest BCUT2D eigenvalue weighted by Crippen LogP contribution is -2.14. The van der Waals surface area contributed by atoms with E-state index in [2.05, 4.69) is 9.71 Å². The third kappa shape index (κ3) is 3.12. The van der Waals surface area contributed by atoms with Crippen molar-refractivity contribution in [2.45, 2.75) is 25.7 Å². The number of aryl methyl sites for hydroxylation is 3. The maximum absolute atomic E-state index is 12.3. The van der Waals surface area contributed by atoms with Crippen LogP contribution in [0.15, 0.2) is 41.6 Å². The molecule has 0 amide bonds. The zero-order valence-corrected chi connectivity index (χ0v) is 12.0. The summed E-state index contributed by atoms with van der Waals surface area (Å²) in [6.45, 7) is 5.51. The van der Waals surface area contributed by atoms with Crippen molar-refractivity contribution in [3.63, 3.8) is 0 Å². The Hall–Kier alpha value is -1.88. The summed E-state index contributed by atoms with van der Waals surface area (Å²) in [5.74, 6) is 0. The number of aromatic nitrogens is 1. The van der Waals surface area contributed by atoms with E-state index >= 15 is 0 Å². The van der Waals surface area contributed by atoms with Crippen LogP contribution in [0.25, 0.3) is 0 Å². The van der Waals surface area contributed by atoms with Crippen molar-refractivity contribution in [3.8, 4) is 0 Å². The molecule has 0 fully saturated rings. The molecule has 0 aliphatic carbocycles. The van der Waals surface area contributed by atoms with Crippen LogP contribution in [0.2, 0.25) is 0 Å². The van der Waals surface area contributed by atoms with Crippen LogP contribution in [0, 0.1) is 20.8 Å². The SMILES string of the molecule is Cc1cncc(NS(=O)(=O)c2cc(C)ccc2C)c1. The molecule has 0 aliphatic rings. The van der Waals surface area contributed by atoms with Gasteiger partial charge < -0.3 is 0 Å². The van der Waals surface area contributed by atoms with Crippen LogP contribution in [0.5, 0.6) is 0 Å². The Labute approximate surface area is 113 Å². The van der Waals surface area contributed by atoms with Gasteiger partial charge in [-0.05, 0) is 49.6 Å². The molecule has 0 unspecified atom stereocenters. The van der Waals surface area contributed by atoms with E-state index in [9.17, 15) is 8.42 Å². The van der Waals surface area contributed by atoms with Crippen LogP contribution in [0.4, 0.5) is 5.69 Å². The molecule has 5 heteroatoms. The number of benzene rings is 1. The van der Waals surface area contributed by atoms with E-state index in [0.717, 1.165) is 16.7 Å². The number of hydrogen-bond acceptors (Lipinski definition) is 3. The second-order valence-electron chi connectivity index (χ2n) is 4.63. The minimum Gasteiger partial charge on any atom is -0.278 e. The lowest BCUT2D eigenvalue weighted by Gasteiger charge is -2.11. The lowest BCUT2D eigenvalue weighted by molar-refractivity contribution is 0.600. The Kier molecular flexibility index (Phi) is 3.57. The van der Waals surface area contributed by atoms with Crippen molar-refractivity contribution >= 4 is 15.7 Å². The van der Waals surface area contributed by atoms with Gasteiger partial charge in [0.1, 0.15) is 0 Å². The molecule has 1 aromatic carbocycles. The summed E-state index contributed by atoms with van der Waals surface area (Å²) in [5, 5.41) is 0. The van der Waals surface area contributed by atoms with Gasteiger partial charge in [-0.2, -0.15) is 0 Å². The topological polar surface area (TPSA) is 59.1 Å². The average molecular weight is 276 g/mol. The van der Waals surface area contributed by atoms with E-state index in [-0.39, 0.29) is 0 Å². The molecule has 2 aromatic rings. The van der Waals surface area contributed by atoms with E-state index in [1.165, 1.54) is 6.20 Å². The molecule has 0 saturated carbocycles.